The van der Waals surface area contributed by atoms with Crippen molar-refractivity contribution in [2.75, 3.05) is 0 Å². The van der Waals surface area contributed by atoms with Crippen molar-refractivity contribution in [3.05, 3.63) is 64.3 Å². The van der Waals surface area contributed by atoms with E-state index in [2.05, 4.69) is 15.2 Å². The normalized spacial score (nSPS) is 11.1. The summed E-state index contributed by atoms with van der Waals surface area (Å²) in [5.74, 6) is 0.176. The highest BCUT2D eigenvalue weighted by atomic mass is 16.6. The molecule has 4 rings (SSSR count). The number of nitro benzene ring substituents is 1. The van der Waals surface area contributed by atoms with Gasteiger partial charge < -0.3 is 5.21 Å². The Hall–Kier alpha value is -3.75. The van der Waals surface area contributed by atoms with Gasteiger partial charge in [-0.15, -0.1) is 5.10 Å². The van der Waals surface area contributed by atoms with Crippen LogP contribution in [0.3, 0.4) is 0 Å². The number of rotatable bonds is 3. The zero-order valence-electron chi connectivity index (χ0n) is 13.1. The highest BCUT2D eigenvalue weighted by Crippen LogP contribution is 2.27. The maximum Gasteiger partial charge on any atom is 0.271 e. The van der Waals surface area contributed by atoms with Crippen molar-refractivity contribution in [3.63, 3.8) is 0 Å². The summed E-state index contributed by atoms with van der Waals surface area (Å²) < 4.78 is 0.800. The van der Waals surface area contributed by atoms with Crippen molar-refractivity contribution in [3.8, 4) is 17.2 Å². The van der Waals surface area contributed by atoms with Crippen molar-refractivity contribution in [2.24, 2.45) is 0 Å². The third kappa shape index (κ3) is 2.38. The number of para-hydroxylation sites is 1. The van der Waals surface area contributed by atoms with E-state index in [-0.39, 0.29) is 17.0 Å². The third-order valence-corrected chi connectivity index (χ3v) is 3.81. The van der Waals surface area contributed by atoms with Gasteiger partial charge in [0, 0.05) is 12.1 Å². The summed E-state index contributed by atoms with van der Waals surface area (Å²) in [6.45, 7) is 1.75. The first-order valence-electron chi connectivity index (χ1n) is 7.40. The van der Waals surface area contributed by atoms with Crippen molar-refractivity contribution >= 4 is 16.7 Å². The van der Waals surface area contributed by atoms with Gasteiger partial charge >= 0.3 is 0 Å². The largest absolute Gasteiger partial charge is 0.426 e. The maximum atomic E-state index is 10.9. The monoisotopic (exact) mass is 336 g/mol. The van der Waals surface area contributed by atoms with Gasteiger partial charge in [0.2, 0.25) is 0 Å². The van der Waals surface area contributed by atoms with Gasteiger partial charge in [-0.25, -0.2) is 4.98 Å². The van der Waals surface area contributed by atoms with Crippen LogP contribution in [0, 0.1) is 17.0 Å². The molecule has 0 aliphatic carbocycles. The number of non-ortho nitro benzene ring substituents is 1. The van der Waals surface area contributed by atoms with Crippen molar-refractivity contribution in [1.29, 1.82) is 0 Å². The number of nitro groups is 1. The Morgan fingerprint density at radius 3 is 2.60 bits per heavy atom. The summed E-state index contributed by atoms with van der Waals surface area (Å²) in [4.78, 5) is 16.2. The van der Waals surface area contributed by atoms with Crippen LogP contribution in [0.15, 0.2) is 48.5 Å². The van der Waals surface area contributed by atoms with E-state index in [0.717, 1.165) is 10.4 Å². The molecule has 0 spiro atoms. The summed E-state index contributed by atoms with van der Waals surface area (Å²) >= 11 is 0. The lowest BCUT2D eigenvalue weighted by Crippen LogP contribution is -1.99. The first-order valence-corrected chi connectivity index (χ1v) is 7.40. The highest BCUT2D eigenvalue weighted by molar-refractivity contribution is 5.81. The number of hydrogen-bond donors (Lipinski definition) is 1. The fraction of sp³-hybridized carbons (Fsp3) is 0.0625. The van der Waals surface area contributed by atoms with E-state index in [1.165, 1.54) is 23.0 Å². The Bertz CT molecular complexity index is 1100. The summed E-state index contributed by atoms with van der Waals surface area (Å²) in [5.41, 5.74) is 2.27. The molecule has 0 aliphatic rings. The Balaban J connectivity index is 1.86. The molecule has 9 heteroatoms. The van der Waals surface area contributed by atoms with Gasteiger partial charge in [0.1, 0.15) is 5.52 Å². The maximum absolute atomic E-state index is 10.9. The molecule has 0 unspecified atom stereocenters. The van der Waals surface area contributed by atoms with Crippen molar-refractivity contribution in [1.82, 2.24) is 24.7 Å². The molecule has 2 aromatic heterocycles. The van der Waals surface area contributed by atoms with Crippen LogP contribution in [-0.4, -0.2) is 34.8 Å². The molecule has 25 heavy (non-hydrogen) atoms. The Morgan fingerprint density at radius 1 is 1.12 bits per heavy atom. The van der Waals surface area contributed by atoms with Crippen LogP contribution >= 0.6 is 0 Å². The van der Waals surface area contributed by atoms with E-state index >= 15 is 0 Å². The molecule has 1 N–H and O–H groups in total. The molecular formula is C16H12N6O3. The number of imidazole rings is 1. The Morgan fingerprint density at radius 2 is 1.88 bits per heavy atom. The van der Waals surface area contributed by atoms with Gasteiger partial charge in [0.15, 0.2) is 11.5 Å². The van der Waals surface area contributed by atoms with E-state index < -0.39 is 4.92 Å². The van der Waals surface area contributed by atoms with Crippen LogP contribution in [0.4, 0.5) is 5.69 Å². The van der Waals surface area contributed by atoms with Crippen LogP contribution < -0.4 is 0 Å². The highest BCUT2D eigenvalue weighted by Gasteiger charge is 2.20. The minimum absolute atomic E-state index is 0.126. The van der Waals surface area contributed by atoms with E-state index in [1.807, 2.05) is 30.3 Å². The van der Waals surface area contributed by atoms with Gasteiger partial charge in [0.25, 0.3) is 5.69 Å². The first-order chi connectivity index (χ1) is 12.0. The summed E-state index contributed by atoms with van der Waals surface area (Å²) in [6.07, 6.45) is 0. The summed E-state index contributed by atoms with van der Waals surface area (Å²) in [7, 11) is 0. The predicted octanol–water partition coefficient (Wildman–Crippen LogP) is 2.74. The second kappa shape index (κ2) is 5.41. The number of aryl methyl sites for hydroxylation is 1. The Labute approximate surface area is 140 Å². The molecule has 0 atom stereocenters. The van der Waals surface area contributed by atoms with Crippen molar-refractivity contribution in [2.45, 2.75) is 6.92 Å². The van der Waals surface area contributed by atoms with E-state index in [0.29, 0.717) is 16.9 Å². The second-order valence-electron chi connectivity index (χ2n) is 5.44. The lowest BCUT2D eigenvalue weighted by Gasteiger charge is -1.98. The zero-order valence-corrected chi connectivity index (χ0v) is 13.1. The van der Waals surface area contributed by atoms with Crippen LogP contribution in [0.5, 0.6) is 0 Å². The quantitative estimate of drug-likeness (QED) is 0.350. The van der Waals surface area contributed by atoms with Crippen LogP contribution in [0.1, 0.15) is 5.69 Å². The SMILES string of the molecule is Cc1nn(-c2ccccc2)nc1-c1nc2ccc([N+](=O)[O-])cc2n1O. The summed E-state index contributed by atoms with van der Waals surface area (Å²) in [5, 5.41) is 30.1. The molecule has 0 radical (unpaired) electrons. The van der Waals surface area contributed by atoms with Gasteiger partial charge in [0.05, 0.1) is 21.8 Å². The van der Waals surface area contributed by atoms with Gasteiger partial charge in [-0.2, -0.15) is 14.6 Å². The van der Waals surface area contributed by atoms with E-state index in [1.54, 1.807) is 6.92 Å². The average molecular weight is 336 g/mol. The minimum Gasteiger partial charge on any atom is -0.426 e. The average Bonchev–Trinajstić information content (AvgIpc) is 3.16. The van der Waals surface area contributed by atoms with Crippen LogP contribution in [0.25, 0.3) is 28.2 Å². The standard InChI is InChI=1S/C16H12N6O3/c1-10-15(19-21(18-10)11-5-3-2-4-6-11)16-17-13-8-7-12(22(24)25)9-14(13)20(16)23/h2-9,23H,1H3. The molecule has 0 aliphatic heterocycles. The molecule has 4 aromatic rings. The molecule has 9 nitrogen and oxygen atoms in total. The molecule has 0 amide bonds. The number of nitrogens with zero attached hydrogens (tertiary/aromatic N) is 6. The van der Waals surface area contributed by atoms with E-state index in [4.69, 9.17) is 0 Å². The molecule has 2 heterocycles. The summed E-state index contributed by atoms with van der Waals surface area (Å²) in [6, 6.07) is 13.4. The van der Waals surface area contributed by atoms with Gasteiger partial charge in [-0.3, -0.25) is 10.1 Å². The van der Waals surface area contributed by atoms with Crippen LogP contribution in [0.2, 0.25) is 0 Å². The molecule has 2 aromatic carbocycles. The minimum atomic E-state index is -0.525. The van der Waals surface area contributed by atoms with Gasteiger partial charge in [-0.05, 0) is 25.1 Å². The molecule has 124 valence electrons. The molecule has 0 fully saturated rings. The topological polar surface area (TPSA) is 112 Å². The predicted molar refractivity (Wildman–Crippen MR) is 88.7 cm³/mol. The molecule has 0 saturated carbocycles. The second-order valence-corrected chi connectivity index (χ2v) is 5.44. The lowest BCUT2D eigenvalue weighted by atomic mass is 10.3. The third-order valence-electron chi connectivity index (χ3n) is 3.81. The lowest BCUT2D eigenvalue weighted by molar-refractivity contribution is -0.384. The zero-order chi connectivity index (χ0) is 17.6. The smallest absolute Gasteiger partial charge is 0.271 e. The number of benzene rings is 2. The number of hydrogen-bond acceptors (Lipinski definition) is 6. The fourth-order valence-electron chi connectivity index (χ4n) is 2.58. The fourth-order valence-corrected chi connectivity index (χ4v) is 2.58. The molecule has 0 saturated heterocycles. The van der Waals surface area contributed by atoms with Gasteiger partial charge in [-0.1, -0.05) is 18.2 Å². The molecule has 0 bridgehead atoms. The number of fused-ring (bicyclic) bond motifs is 1. The van der Waals surface area contributed by atoms with E-state index in [9.17, 15) is 15.3 Å². The molecular weight excluding hydrogens is 324 g/mol. The van der Waals surface area contributed by atoms with Crippen molar-refractivity contribution < 1.29 is 10.1 Å². The number of aromatic nitrogens is 5. The first kappa shape index (κ1) is 14.8. The Kier molecular flexibility index (Phi) is 3.21. The van der Waals surface area contributed by atoms with Crippen LogP contribution in [-0.2, 0) is 0 Å².